The summed E-state index contributed by atoms with van der Waals surface area (Å²) in [4.78, 5) is 16.9. The predicted molar refractivity (Wildman–Crippen MR) is 91.1 cm³/mol. The van der Waals surface area contributed by atoms with Crippen LogP contribution in [0.3, 0.4) is 0 Å². The Morgan fingerprint density at radius 2 is 1.80 bits per heavy atom. The average molecular weight is 344 g/mol. The molecule has 0 unspecified atom stereocenters. The molecule has 6 nitrogen and oxygen atoms in total. The first-order valence-corrected chi connectivity index (χ1v) is 9.91. The van der Waals surface area contributed by atoms with E-state index in [1.807, 2.05) is 0 Å². The van der Waals surface area contributed by atoms with Crippen LogP contribution >= 0.6 is 0 Å². The molecule has 1 amide bonds. The van der Waals surface area contributed by atoms with E-state index in [-0.39, 0.29) is 11.3 Å². The van der Waals surface area contributed by atoms with Gasteiger partial charge in [0.2, 0.25) is 11.8 Å². The van der Waals surface area contributed by atoms with E-state index in [4.69, 9.17) is 10.3 Å². The Bertz CT molecular complexity index is 643. The number of hydrogen-bond donors (Lipinski definition) is 2. The standard InChI is InChI=1S/C19H28N4O2/c20-19(2-1-3-19)17-22-16(25-23-17)11-21-15(24)10-18-7-12-4-13(8-18)6-14(5-12)9-18/h12-14H,1-11,20H2,(H,21,24). The minimum absolute atomic E-state index is 0.132. The third-order valence-corrected chi connectivity index (χ3v) is 7.30. The van der Waals surface area contributed by atoms with Crippen molar-refractivity contribution in [2.24, 2.45) is 28.9 Å². The van der Waals surface area contributed by atoms with Crippen molar-refractivity contribution >= 4 is 5.91 Å². The number of aromatic nitrogens is 2. The maximum Gasteiger partial charge on any atom is 0.246 e. The first kappa shape index (κ1) is 15.8. The molecule has 136 valence electrons. The summed E-state index contributed by atoms with van der Waals surface area (Å²) in [6, 6.07) is 0. The van der Waals surface area contributed by atoms with Crippen LogP contribution in [0.1, 0.15) is 75.9 Å². The second-order valence-corrected chi connectivity index (χ2v) is 9.39. The molecular formula is C19H28N4O2. The summed E-state index contributed by atoms with van der Waals surface area (Å²) in [5.41, 5.74) is 6.07. The number of nitrogens with one attached hydrogen (secondary N) is 1. The minimum Gasteiger partial charge on any atom is -0.347 e. The number of nitrogens with zero attached hydrogens (tertiary/aromatic N) is 2. The van der Waals surface area contributed by atoms with Crippen LogP contribution in [-0.2, 0) is 16.9 Å². The summed E-state index contributed by atoms with van der Waals surface area (Å²) in [5, 5.41) is 7.00. The zero-order valence-corrected chi connectivity index (χ0v) is 14.8. The molecule has 0 saturated heterocycles. The molecule has 6 heteroatoms. The fraction of sp³-hybridized carbons (Fsp3) is 0.842. The topological polar surface area (TPSA) is 94.0 Å². The maximum atomic E-state index is 12.5. The highest BCUT2D eigenvalue weighted by molar-refractivity contribution is 5.76. The Morgan fingerprint density at radius 3 is 2.36 bits per heavy atom. The van der Waals surface area contributed by atoms with E-state index in [0.29, 0.717) is 24.7 Å². The van der Waals surface area contributed by atoms with Gasteiger partial charge in [0.25, 0.3) is 0 Å². The Hall–Kier alpha value is -1.43. The molecule has 1 heterocycles. The van der Waals surface area contributed by atoms with Gasteiger partial charge in [0.15, 0.2) is 5.82 Å². The van der Waals surface area contributed by atoms with Crippen LogP contribution in [0, 0.1) is 23.2 Å². The fourth-order valence-electron chi connectivity index (χ4n) is 6.39. The highest BCUT2D eigenvalue weighted by Crippen LogP contribution is 2.61. The number of rotatable bonds is 5. The van der Waals surface area contributed by atoms with Crippen LogP contribution in [0.15, 0.2) is 4.52 Å². The van der Waals surface area contributed by atoms with Gasteiger partial charge in [0.05, 0.1) is 12.1 Å². The van der Waals surface area contributed by atoms with Crippen LogP contribution in [0.25, 0.3) is 0 Å². The number of amides is 1. The first-order chi connectivity index (χ1) is 12.0. The van der Waals surface area contributed by atoms with Crippen molar-refractivity contribution in [2.75, 3.05) is 0 Å². The zero-order chi connectivity index (χ0) is 17.1. The minimum atomic E-state index is -0.412. The van der Waals surface area contributed by atoms with Crippen molar-refractivity contribution in [3.05, 3.63) is 11.7 Å². The molecule has 3 N–H and O–H groups in total. The molecule has 25 heavy (non-hydrogen) atoms. The van der Waals surface area contributed by atoms with Gasteiger partial charge in [0.1, 0.15) is 0 Å². The molecule has 5 aliphatic carbocycles. The second-order valence-electron chi connectivity index (χ2n) is 9.39. The Balaban J connectivity index is 1.18. The van der Waals surface area contributed by atoms with Gasteiger partial charge < -0.3 is 15.6 Å². The molecule has 0 aromatic carbocycles. The lowest BCUT2D eigenvalue weighted by molar-refractivity contribution is -0.129. The highest BCUT2D eigenvalue weighted by Gasteiger charge is 2.51. The van der Waals surface area contributed by atoms with Crippen molar-refractivity contribution in [2.45, 2.75) is 76.3 Å². The highest BCUT2D eigenvalue weighted by atomic mass is 16.5. The zero-order valence-electron chi connectivity index (χ0n) is 14.8. The van der Waals surface area contributed by atoms with Crippen LogP contribution < -0.4 is 11.1 Å². The van der Waals surface area contributed by atoms with Gasteiger partial charge >= 0.3 is 0 Å². The van der Waals surface area contributed by atoms with E-state index in [9.17, 15) is 4.79 Å². The van der Waals surface area contributed by atoms with Crippen molar-refractivity contribution in [1.82, 2.24) is 15.5 Å². The van der Waals surface area contributed by atoms with Gasteiger partial charge in [-0.25, -0.2) is 0 Å². The van der Waals surface area contributed by atoms with Crippen molar-refractivity contribution in [1.29, 1.82) is 0 Å². The molecule has 0 aliphatic heterocycles. The molecule has 0 radical (unpaired) electrons. The van der Waals surface area contributed by atoms with Crippen LogP contribution in [0.4, 0.5) is 0 Å². The van der Waals surface area contributed by atoms with Gasteiger partial charge in [-0.3, -0.25) is 4.79 Å². The van der Waals surface area contributed by atoms with E-state index in [1.165, 1.54) is 38.5 Å². The lowest BCUT2D eigenvalue weighted by atomic mass is 9.49. The third-order valence-electron chi connectivity index (χ3n) is 7.30. The van der Waals surface area contributed by atoms with Gasteiger partial charge in [-0.2, -0.15) is 4.98 Å². The molecule has 0 spiro atoms. The van der Waals surface area contributed by atoms with Gasteiger partial charge in [-0.1, -0.05) is 5.16 Å². The number of carbonyl (C=O) groups is 1. The summed E-state index contributed by atoms with van der Waals surface area (Å²) in [5.74, 6) is 3.81. The van der Waals surface area contributed by atoms with Crippen molar-refractivity contribution in [3.63, 3.8) is 0 Å². The lowest BCUT2D eigenvalue weighted by Gasteiger charge is -2.56. The van der Waals surface area contributed by atoms with E-state index in [0.717, 1.165) is 37.0 Å². The summed E-state index contributed by atoms with van der Waals surface area (Å²) in [7, 11) is 0. The average Bonchev–Trinajstić information content (AvgIpc) is 2.98. The Labute approximate surface area is 148 Å². The van der Waals surface area contributed by atoms with E-state index < -0.39 is 5.54 Å². The molecule has 1 aromatic heterocycles. The molecule has 5 saturated carbocycles. The monoisotopic (exact) mass is 344 g/mol. The van der Waals surface area contributed by atoms with Gasteiger partial charge in [0, 0.05) is 6.42 Å². The van der Waals surface area contributed by atoms with Crippen LogP contribution in [-0.4, -0.2) is 16.0 Å². The number of nitrogens with two attached hydrogens (primary N) is 1. The molecule has 0 atom stereocenters. The Kier molecular flexibility index (Phi) is 3.50. The van der Waals surface area contributed by atoms with E-state index in [2.05, 4.69) is 15.5 Å². The molecular weight excluding hydrogens is 316 g/mol. The summed E-state index contributed by atoms with van der Waals surface area (Å²) >= 11 is 0. The molecule has 5 fully saturated rings. The molecule has 1 aromatic rings. The summed E-state index contributed by atoms with van der Waals surface area (Å²) in [6.45, 7) is 0.314. The third kappa shape index (κ3) is 2.78. The molecule has 5 aliphatic rings. The lowest BCUT2D eigenvalue weighted by Crippen LogP contribution is -2.48. The van der Waals surface area contributed by atoms with E-state index in [1.54, 1.807) is 0 Å². The van der Waals surface area contributed by atoms with Crippen molar-refractivity contribution < 1.29 is 9.32 Å². The largest absolute Gasteiger partial charge is 0.347 e. The molecule has 6 rings (SSSR count). The molecule has 4 bridgehead atoms. The number of hydrogen-bond acceptors (Lipinski definition) is 5. The first-order valence-electron chi connectivity index (χ1n) is 9.91. The van der Waals surface area contributed by atoms with Gasteiger partial charge in [-0.15, -0.1) is 0 Å². The van der Waals surface area contributed by atoms with E-state index >= 15 is 0 Å². The summed E-state index contributed by atoms with van der Waals surface area (Å²) < 4.78 is 5.28. The van der Waals surface area contributed by atoms with Crippen molar-refractivity contribution in [3.8, 4) is 0 Å². The quantitative estimate of drug-likeness (QED) is 0.856. The maximum absolute atomic E-state index is 12.5. The second kappa shape index (κ2) is 5.53. The summed E-state index contributed by atoms with van der Waals surface area (Å²) in [6.07, 6.45) is 11.6. The fourth-order valence-corrected chi connectivity index (χ4v) is 6.39. The van der Waals surface area contributed by atoms with Crippen LogP contribution in [0.2, 0.25) is 0 Å². The Morgan fingerprint density at radius 1 is 1.16 bits per heavy atom. The normalized spacial score (nSPS) is 37.7. The smallest absolute Gasteiger partial charge is 0.246 e. The van der Waals surface area contributed by atoms with Crippen LogP contribution in [0.5, 0.6) is 0 Å². The predicted octanol–water partition coefficient (Wildman–Crippen LogP) is 2.63. The number of carbonyl (C=O) groups excluding carboxylic acids is 1. The SMILES string of the molecule is NC1(c2noc(CNC(=O)CC34CC5CC(CC(C5)C3)C4)n2)CCC1. The van der Waals surface area contributed by atoms with Gasteiger partial charge in [-0.05, 0) is 81.0 Å².